The lowest BCUT2D eigenvalue weighted by Crippen LogP contribution is -2.25. The monoisotopic (exact) mass is 313 g/mol. The number of carbonyl (C=O) groups is 1. The summed E-state index contributed by atoms with van der Waals surface area (Å²) in [6, 6.07) is 3.06. The van der Waals surface area contributed by atoms with Gasteiger partial charge in [0.1, 0.15) is 11.6 Å². The highest BCUT2D eigenvalue weighted by Gasteiger charge is 2.18. The van der Waals surface area contributed by atoms with Crippen molar-refractivity contribution in [2.45, 2.75) is 0 Å². The van der Waals surface area contributed by atoms with Crippen molar-refractivity contribution < 1.29 is 23.7 Å². The Labute approximate surface area is 129 Å². The molecule has 21 heavy (non-hydrogen) atoms. The second-order valence-corrected chi connectivity index (χ2v) is 4.75. The zero-order valence-electron chi connectivity index (χ0n) is 12.8. The Hall–Kier alpha value is -2.02. The molecule has 0 heterocycles. The molecule has 0 aliphatic carbocycles. The Morgan fingerprint density at radius 3 is 2.24 bits per heavy atom. The Kier molecular flexibility index (Phi) is 6.23. The Balaban J connectivity index is 3.14. The highest BCUT2D eigenvalue weighted by Crippen LogP contribution is 2.38. The fourth-order valence-electron chi connectivity index (χ4n) is 1.54. The van der Waals surface area contributed by atoms with Gasteiger partial charge >= 0.3 is 5.97 Å². The summed E-state index contributed by atoms with van der Waals surface area (Å²) in [5.41, 5.74) is 0.306. The number of likely N-dealkylation sites (N-methyl/N-ethyl adjacent to an activating group) is 1. The summed E-state index contributed by atoms with van der Waals surface area (Å²) in [6.45, 7) is 0.187. The van der Waals surface area contributed by atoms with Gasteiger partial charge < -0.3 is 23.8 Å². The van der Waals surface area contributed by atoms with E-state index < -0.39 is 5.97 Å². The number of rotatable bonds is 6. The molecule has 0 fully saturated rings. The third-order valence-electron chi connectivity index (χ3n) is 2.72. The minimum absolute atomic E-state index is 0.187. The number of carbonyl (C=O) groups excluding carboxylic acids is 1. The van der Waals surface area contributed by atoms with Crippen LogP contribution in [-0.2, 0) is 4.74 Å². The molecular weight excluding hydrogens is 294 g/mol. The molecule has 6 nitrogen and oxygen atoms in total. The van der Waals surface area contributed by atoms with Gasteiger partial charge in [-0.3, -0.25) is 0 Å². The van der Waals surface area contributed by atoms with Gasteiger partial charge in [0.05, 0.1) is 26.9 Å². The Morgan fingerprint density at radius 2 is 1.76 bits per heavy atom. The van der Waals surface area contributed by atoms with Crippen LogP contribution in [0.4, 0.5) is 0 Å². The fraction of sp³-hybridized carbons (Fsp3) is 0.429. The van der Waals surface area contributed by atoms with Gasteiger partial charge in [-0.05, 0) is 12.1 Å². The summed E-state index contributed by atoms with van der Waals surface area (Å²) < 4.78 is 20.8. The van der Waals surface area contributed by atoms with Crippen LogP contribution in [0.2, 0.25) is 0 Å². The molecule has 0 N–H and O–H groups in total. The standard InChI is InChI=1S/C14H19NO5S/c1-15(2)12(21)8-20-11-7-9(14(16)19-5)6-10(17-3)13(11)18-4/h6-7H,8H2,1-5H3. The van der Waals surface area contributed by atoms with Crippen molar-refractivity contribution in [2.75, 3.05) is 42.0 Å². The van der Waals surface area contributed by atoms with E-state index in [1.54, 1.807) is 4.90 Å². The lowest BCUT2D eigenvalue weighted by Gasteiger charge is -2.17. The first-order valence-electron chi connectivity index (χ1n) is 6.11. The first-order valence-corrected chi connectivity index (χ1v) is 6.52. The van der Waals surface area contributed by atoms with E-state index in [4.69, 9.17) is 31.2 Å². The van der Waals surface area contributed by atoms with Gasteiger partial charge in [0.25, 0.3) is 0 Å². The molecule has 1 aromatic carbocycles. The van der Waals surface area contributed by atoms with Gasteiger partial charge in [-0.15, -0.1) is 0 Å². The third-order valence-corrected chi connectivity index (χ3v) is 3.20. The van der Waals surface area contributed by atoms with Crippen LogP contribution in [0.5, 0.6) is 17.2 Å². The highest BCUT2D eigenvalue weighted by atomic mass is 32.1. The minimum Gasteiger partial charge on any atom is -0.493 e. The van der Waals surface area contributed by atoms with Crippen molar-refractivity contribution in [1.82, 2.24) is 4.90 Å². The first-order chi connectivity index (χ1) is 9.94. The molecule has 0 amide bonds. The summed E-state index contributed by atoms with van der Waals surface area (Å²) in [7, 11) is 7.93. The zero-order valence-corrected chi connectivity index (χ0v) is 13.6. The van der Waals surface area contributed by atoms with E-state index in [1.165, 1.54) is 33.5 Å². The third kappa shape index (κ3) is 4.22. The van der Waals surface area contributed by atoms with Crippen molar-refractivity contribution in [3.63, 3.8) is 0 Å². The molecule has 0 aromatic heterocycles. The molecule has 0 saturated heterocycles. The first kappa shape index (κ1) is 17.0. The van der Waals surface area contributed by atoms with Crippen LogP contribution in [0.15, 0.2) is 12.1 Å². The van der Waals surface area contributed by atoms with E-state index in [0.717, 1.165) is 0 Å². The molecule has 1 aromatic rings. The van der Waals surface area contributed by atoms with E-state index in [9.17, 15) is 4.79 Å². The fourth-order valence-corrected chi connectivity index (χ4v) is 1.60. The Morgan fingerprint density at radius 1 is 1.14 bits per heavy atom. The quantitative estimate of drug-likeness (QED) is 0.586. The number of benzene rings is 1. The summed E-state index contributed by atoms with van der Waals surface area (Å²) in [5, 5.41) is 0. The number of ether oxygens (including phenoxy) is 4. The van der Waals surface area contributed by atoms with E-state index in [0.29, 0.717) is 27.8 Å². The van der Waals surface area contributed by atoms with Gasteiger partial charge in [-0.1, -0.05) is 12.2 Å². The summed E-state index contributed by atoms with van der Waals surface area (Å²) >= 11 is 5.16. The lowest BCUT2D eigenvalue weighted by atomic mass is 10.2. The predicted octanol–water partition coefficient (Wildman–Crippen LogP) is 1.76. The summed E-state index contributed by atoms with van der Waals surface area (Å²) in [6.07, 6.45) is 0. The molecule has 116 valence electrons. The molecule has 0 aliphatic rings. The van der Waals surface area contributed by atoms with E-state index in [-0.39, 0.29) is 6.61 Å². The second-order valence-electron chi connectivity index (χ2n) is 4.28. The van der Waals surface area contributed by atoms with Crippen LogP contribution >= 0.6 is 12.2 Å². The maximum Gasteiger partial charge on any atom is 0.338 e. The molecule has 0 bridgehead atoms. The van der Waals surface area contributed by atoms with Gasteiger partial charge in [0, 0.05) is 14.1 Å². The molecule has 0 unspecified atom stereocenters. The van der Waals surface area contributed by atoms with Crippen LogP contribution in [-0.4, -0.2) is 57.9 Å². The topological polar surface area (TPSA) is 57.2 Å². The zero-order chi connectivity index (χ0) is 16.0. The number of hydrogen-bond acceptors (Lipinski definition) is 6. The van der Waals surface area contributed by atoms with Crippen molar-refractivity contribution >= 4 is 23.2 Å². The largest absolute Gasteiger partial charge is 0.493 e. The number of esters is 1. The van der Waals surface area contributed by atoms with Crippen LogP contribution in [0.1, 0.15) is 10.4 Å². The van der Waals surface area contributed by atoms with Crippen molar-refractivity contribution in [3.05, 3.63) is 17.7 Å². The smallest absolute Gasteiger partial charge is 0.338 e. The summed E-state index contributed by atoms with van der Waals surface area (Å²) in [4.78, 5) is 14.0. The van der Waals surface area contributed by atoms with Gasteiger partial charge in [-0.25, -0.2) is 4.79 Å². The average molecular weight is 313 g/mol. The minimum atomic E-state index is -0.490. The number of thiocarbonyl (C=S) groups is 1. The highest BCUT2D eigenvalue weighted by molar-refractivity contribution is 7.80. The molecule has 0 radical (unpaired) electrons. The SMILES string of the molecule is COC(=O)c1cc(OC)c(OC)c(OCC(=S)N(C)C)c1. The van der Waals surface area contributed by atoms with Gasteiger partial charge in [-0.2, -0.15) is 0 Å². The number of methoxy groups -OCH3 is 3. The van der Waals surface area contributed by atoms with Crippen molar-refractivity contribution in [1.29, 1.82) is 0 Å². The lowest BCUT2D eigenvalue weighted by molar-refractivity contribution is 0.0599. The molecule has 0 saturated carbocycles. The second kappa shape index (κ2) is 7.68. The number of nitrogens with zero attached hydrogens (tertiary/aromatic N) is 1. The van der Waals surface area contributed by atoms with Crippen molar-refractivity contribution in [3.8, 4) is 17.2 Å². The molecule has 1 rings (SSSR count). The Bertz CT molecular complexity index is 530. The van der Waals surface area contributed by atoms with Gasteiger partial charge in [0.15, 0.2) is 11.5 Å². The van der Waals surface area contributed by atoms with Crippen LogP contribution in [0, 0.1) is 0 Å². The van der Waals surface area contributed by atoms with Crippen LogP contribution < -0.4 is 14.2 Å². The van der Waals surface area contributed by atoms with Crippen LogP contribution in [0.3, 0.4) is 0 Å². The van der Waals surface area contributed by atoms with Crippen molar-refractivity contribution in [2.24, 2.45) is 0 Å². The van der Waals surface area contributed by atoms with E-state index in [1.807, 2.05) is 14.1 Å². The average Bonchev–Trinajstić information content (AvgIpc) is 2.50. The predicted molar refractivity (Wildman–Crippen MR) is 82.7 cm³/mol. The molecule has 0 aliphatic heterocycles. The van der Waals surface area contributed by atoms with Gasteiger partial charge in [0.2, 0.25) is 5.75 Å². The maximum atomic E-state index is 11.7. The van der Waals surface area contributed by atoms with Crippen LogP contribution in [0.25, 0.3) is 0 Å². The molecule has 0 atom stereocenters. The van der Waals surface area contributed by atoms with E-state index in [2.05, 4.69) is 0 Å². The summed E-state index contributed by atoms with van der Waals surface area (Å²) in [5.74, 6) is 0.648. The van der Waals surface area contributed by atoms with E-state index >= 15 is 0 Å². The molecule has 0 spiro atoms. The molecule has 7 heteroatoms. The number of hydrogen-bond donors (Lipinski definition) is 0. The normalized spacial score (nSPS) is 9.76. The maximum absolute atomic E-state index is 11.7. The molecular formula is C14H19NO5S.